The fourth-order valence-electron chi connectivity index (χ4n) is 2.57. The molecule has 7 heteroatoms. The van der Waals surface area contributed by atoms with Crippen LogP contribution in [0.3, 0.4) is 0 Å². The van der Waals surface area contributed by atoms with Crippen LogP contribution in [0, 0.1) is 5.82 Å². The number of nitrogens with two attached hydrogens (primary N) is 1. The second kappa shape index (κ2) is 7.72. The highest BCUT2D eigenvalue weighted by atomic mass is 19.1. The number of ether oxygens (including phenoxy) is 1. The summed E-state index contributed by atoms with van der Waals surface area (Å²) in [6.07, 6.45) is 0. The zero-order chi connectivity index (χ0) is 20.3. The molecule has 2 N–H and O–H groups in total. The predicted octanol–water partition coefficient (Wildman–Crippen LogP) is 4.91. The van der Waals surface area contributed by atoms with E-state index in [-0.39, 0.29) is 17.8 Å². The van der Waals surface area contributed by atoms with Crippen LogP contribution in [0.1, 0.15) is 32.1 Å². The fourth-order valence-corrected chi connectivity index (χ4v) is 2.57. The van der Waals surface area contributed by atoms with Crippen LogP contribution in [0.25, 0.3) is 0 Å². The third-order valence-electron chi connectivity index (χ3n) is 4.13. The summed E-state index contributed by atoms with van der Waals surface area (Å²) in [4.78, 5) is 13.2. The summed E-state index contributed by atoms with van der Waals surface area (Å²) in [6.45, 7) is 6.04. The van der Waals surface area contributed by atoms with Gasteiger partial charge in [0.2, 0.25) is 0 Å². The van der Waals surface area contributed by atoms with Crippen molar-refractivity contribution >= 4 is 17.5 Å². The Hall–Kier alpha value is -3.35. The lowest BCUT2D eigenvalue weighted by molar-refractivity contribution is 0.255. The summed E-state index contributed by atoms with van der Waals surface area (Å²) < 4.78 is 24.6. The molecule has 0 atom stereocenters. The molecule has 0 fully saturated rings. The standard InChI is InChI=1S/C21H22FN3O3/c1-21(2,3)18-12-19(24-28-18)25(20(23)26)15-8-10-16(11-9-15)27-13-14-6-4-5-7-17(14)22/h4-12H,13H2,1-3H3,(H2,23,26). The molecule has 0 saturated heterocycles. The van der Waals surface area contributed by atoms with Crippen LogP contribution < -0.4 is 15.4 Å². The van der Waals surface area contributed by atoms with Gasteiger partial charge in [-0.15, -0.1) is 0 Å². The number of hydrogen-bond acceptors (Lipinski definition) is 4. The van der Waals surface area contributed by atoms with Crippen molar-refractivity contribution in [3.8, 4) is 5.75 Å². The monoisotopic (exact) mass is 383 g/mol. The van der Waals surface area contributed by atoms with Gasteiger partial charge >= 0.3 is 6.03 Å². The molecule has 3 aromatic rings. The van der Waals surface area contributed by atoms with Crippen molar-refractivity contribution < 1.29 is 18.4 Å². The van der Waals surface area contributed by atoms with E-state index in [9.17, 15) is 9.18 Å². The lowest BCUT2D eigenvalue weighted by Gasteiger charge is -2.18. The van der Waals surface area contributed by atoms with Gasteiger partial charge < -0.3 is 15.0 Å². The maximum atomic E-state index is 13.7. The highest BCUT2D eigenvalue weighted by Crippen LogP contribution is 2.31. The van der Waals surface area contributed by atoms with E-state index in [1.54, 1.807) is 48.5 Å². The molecule has 0 aliphatic heterocycles. The highest BCUT2D eigenvalue weighted by Gasteiger charge is 2.24. The van der Waals surface area contributed by atoms with Crippen molar-refractivity contribution in [2.45, 2.75) is 32.8 Å². The average Bonchev–Trinajstić information content (AvgIpc) is 3.12. The molecule has 1 aromatic heterocycles. The summed E-state index contributed by atoms with van der Waals surface area (Å²) in [7, 11) is 0. The molecule has 146 valence electrons. The van der Waals surface area contributed by atoms with Gasteiger partial charge in [-0.25, -0.2) is 14.1 Å². The number of anilines is 2. The largest absolute Gasteiger partial charge is 0.489 e. The van der Waals surface area contributed by atoms with Gasteiger partial charge in [-0.3, -0.25) is 0 Å². The summed E-state index contributed by atoms with van der Waals surface area (Å²) in [6, 6.07) is 14.1. The smallest absolute Gasteiger partial charge is 0.325 e. The Morgan fingerprint density at radius 2 is 1.86 bits per heavy atom. The van der Waals surface area contributed by atoms with Crippen LogP contribution in [0.4, 0.5) is 20.7 Å². The van der Waals surface area contributed by atoms with Gasteiger partial charge in [0, 0.05) is 17.0 Å². The minimum absolute atomic E-state index is 0.101. The lowest BCUT2D eigenvalue weighted by Crippen LogP contribution is -2.31. The molecular weight excluding hydrogens is 361 g/mol. The molecule has 28 heavy (non-hydrogen) atoms. The van der Waals surface area contributed by atoms with Crippen molar-refractivity contribution in [3.05, 3.63) is 71.7 Å². The van der Waals surface area contributed by atoms with E-state index in [0.29, 0.717) is 28.6 Å². The van der Waals surface area contributed by atoms with Crippen LogP contribution in [-0.2, 0) is 12.0 Å². The predicted molar refractivity (Wildman–Crippen MR) is 104 cm³/mol. The molecule has 0 radical (unpaired) electrons. The van der Waals surface area contributed by atoms with Crippen LogP contribution in [0.15, 0.2) is 59.1 Å². The number of amides is 2. The van der Waals surface area contributed by atoms with Gasteiger partial charge in [0.05, 0.1) is 5.69 Å². The van der Waals surface area contributed by atoms with Crippen molar-refractivity contribution in [1.82, 2.24) is 5.16 Å². The van der Waals surface area contributed by atoms with Crippen molar-refractivity contribution in [2.24, 2.45) is 5.73 Å². The van der Waals surface area contributed by atoms with E-state index >= 15 is 0 Å². The number of primary amides is 1. The second-order valence-electron chi connectivity index (χ2n) is 7.35. The Labute approximate surface area is 162 Å². The van der Waals surface area contributed by atoms with E-state index in [4.69, 9.17) is 15.0 Å². The normalized spacial score (nSPS) is 11.3. The first kappa shape index (κ1) is 19.4. The first-order chi connectivity index (χ1) is 13.3. The van der Waals surface area contributed by atoms with Gasteiger partial charge in [0.25, 0.3) is 0 Å². The molecule has 0 spiro atoms. The number of carbonyl (C=O) groups is 1. The zero-order valence-electron chi connectivity index (χ0n) is 16.0. The van der Waals surface area contributed by atoms with Crippen molar-refractivity contribution in [3.63, 3.8) is 0 Å². The first-order valence-electron chi connectivity index (χ1n) is 8.79. The maximum absolute atomic E-state index is 13.7. The van der Waals surface area contributed by atoms with Crippen LogP contribution in [0.2, 0.25) is 0 Å². The maximum Gasteiger partial charge on any atom is 0.325 e. The summed E-state index contributed by atoms with van der Waals surface area (Å²) in [5, 5.41) is 3.97. The molecule has 0 unspecified atom stereocenters. The van der Waals surface area contributed by atoms with Gasteiger partial charge in [-0.2, -0.15) is 0 Å². The Balaban J connectivity index is 1.77. The Morgan fingerprint density at radius 3 is 2.43 bits per heavy atom. The van der Waals surface area contributed by atoms with Gasteiger partial charge in [0.1, 0.15) is 23.9 Å². The number of rotatable bonds is 5. The number of nitrogens with zero attached hydrogens (tertiary/aromatic N) is 2. The van der Waals surface area contributed by atoms with E-state index in [2.05, 4.69) is 5.16 Å². The van der Waals surface area contributed by atoms with E-state index in [0.717, 1.165) is 0 Å². The molecule has 2 amide bonds. The van der Waals surface area contributed by atoms with E-state index in [1.807, 2.05) is 20.8 Å². The molecule has 3 rings (SSSR count). The van der Waals surface area contributed by atoms with Crippen molar-refractivity contribution in [2.75, 3.05) is 4.90 Å². The Kier molecular flexibility index (Phi) is 5.35. The molecule has 1 heterocycles. The molecule has 0 aliphatic carbocycles. The molecular formula is C21H22FN3O3. The Bertz CT molecular complexity index is 962. The van der Waals surface area contributed by atoms with Gasteiger partial charge in [-0.1, -0.05) is 44.1 Å². The average molecular weight is 383 g/mol. The molecule has 0 aliphatic rings. The van der Waals surface area contributed by atoms with E-state index in [1.165, 1.54) is 11.0 Å². The number of urea groups is 1. The summed E-state index contributed by atoms with van der Waals surface area (Å²) >= 11 is 0. The third-order valence-corrected chi connectivity index (χ3v) is 4.13. The SMILES string of the molecule is CC(C)(C)c1cc(N(C(N)=O)c2ccc(OCc3ccccc3F)cc2)no1. The minimum atomic E-state index is -0.686. The van der Waals surface area contributed by atoms with Crippen LogP contribution >= 0.6 is 0 Å². The van der Waals surface area contributed by atoms with Crippen LogP contribution in [0.5, 0.6) is 5.75 Å². The lowest BCUT2D eigenvalue weighted by atomic mass is 9.93. The highest BCUT2D eigenvalue weighted by molar-refractivity contribution is 5.97. The topological polar surface area (TPSA) is 81.6 Å². The third kappa shape index (κ3) is 4.31. The zero-order valence-corrected chi connectivity index (χ0v) is 16.0. The number of aromatic nitrogens is 1. The van der Waals surface area contributed by atoms with Gasteiger partial charge in [-0.05, 0) is 30.3 Å². The second-order valence-corrected chi connectivity index (χ2v) is 7.35. The Morgan fingerprint density at radius 1 is 1.18 bits per heavy atom. The number of hydrogen-bond donors (Lipinski definition) is 1. The van der Waals surface area contributed by atoms with Crippen molar-refractivity contribution in [1.29, 1.82) is 0 Å². The number of halogens is 1. The minimum Gasteiger partial charge on any atom is -0.489 e. The number of carbonyl (C=O) groups excluding carboxylic acids is 1. The molecule has 0 bridgehead atoms. The van der Waals surface area contributed by atoms with E-state index < -0.39 is 6.03 Å². The fraction of sp³-hybridized carbons (Fsp3) is 0.238. The molecule has 2 aromatic carbocycles. The number of benzene rings is 2. The molecule has 0 saturated carbocycles. The molecule has 6 nitrogen and oxygen atoms in total. The van der Waals surface area contributed by atoms with Gasteiger partial charge in [0.15, 0.2) is 5.82 Å². The van der Waals surface area contributed by atoms with Crippen LogP contribution in [-0.4, -0.2) is 11.2 Å². The first-order valence-corrected chi connectivity index (χ1v) is 8.79. The quantitative estimate of drug-likeness (QED) is 0.679. The summed E-state index contributed by atoms with van der Waals surface area (Å²) in [5.74, 6) is 1.16. The summed E-state index contributed by atoms with van der Waals surface area (Å²) in [5.41, 5.74) is 6.26.